The van der Waals surface area contributed by atoms with Gasteiger partial charge >= 0.3 is 0 Å². The molecule has 1 aromatic rings. The molecule has 1 aliphatic rings. The van der Waals surface area contributed by atoms with Gasteiger partial charge in [-0.2, -0.15) is 5.10 Å². The Morgan fingerprint density at radius 1 is 1.79 bits per heavy atom. The van der Waals surface area contributed by atoms with Crippen molar-refractivity contribution >= 4 is 0 Å². The van der Waals surface area contributed by atoms with Crippen LogP contribution in [0.3, 0.4) is 0 Å². The summed E-state index contributed by atoms with van der Waals surface area (Å²) in [7, 11) is 1.85. The minimum absolute atomic E-state index is 0.0511. The van der Waals surface area contributed by atoms with Crippen LogP contribution in [0.5, 0.6) is 0 Å². The van der Waals surface area contributed by atoms with E-state index < -0.39 is 6.17 Å². The van der Waals surface area contributed by atoms with Gasteiger partial charge < -0.3 is 5.32 Å². The SMILES string of the molecule is Cn1cc(CC(F)C2CCCN2)cn1. The quantitative estimate of drug-likeness (QED) is 0.785. The molecular formula is C10H16FN3. The summed E-state index contributed by atoms with van der Waals surface area (Å²) in [6.45, 7) is 0.956. The zero-order valence-electron chi connectivity index (χ0n) is 8.41. The van der Waals surface area contributed by atoms with Crippen LogP contribution in [0.1, 0.15) is 18.4 Å². The van der Waals surface area contributed by atoms with Crippen molar-refractivity contribution in [1.29, 1.82) is 0 Å². The smallest absolute Gasteiger partial charge is 0.119 e. The van der Waals surface area contributed by atoms with E-state index in [4.69, 9.17) is 0 Å². The largest absolute Gasteiger partial charge is 0.311 e. The van der Waals surface area contributed by atoms with Crippen molar-refractivity contribution in [3.05, 3.63) is 18.0 Å². The summed E-state index contributed by atoms with van der Waals surface area (Å²) in [6.07, 6.45) is 5.37. The van der Waals surface area contributed by atoms with Crippen LogP contribution in [0.4, 0.5) is 4.39 Å². The molecule has 0 aliphatic carbocycles. The molecule has 0 saturated carbocycles. The van der Waals surface area contributed by atoms with Crippen LogP contribution in [0.2, 0.25) is 0 Å². The minimum Gasteiger partial charge on any atom is -0.311 e. The van der Waals surface area contributed by atoms with Crippen LogP contribution < -0.4 is 5.32 Å². The van der Waals surface area contributed by atoms with Gasteiger partial charge in [-0.3, -0.25) is 4.68 Å². The molecule has 78 valence electrons. The summed E-state index contributed by atoms with van der Waals surface area (Å²) in [4.78, 5) is 0. The predicted molar refractivity (Wildman–Crippen MR) is 52.8 cm³/mol. The van der Waals surface area contributed by atoms with Gasteiger partial charge in [0.1, 0.15) is 6.17 Å². The first-order chi connectivity index (χ1) is 6.75. The molecule has 0 radical (unpaired) electrons. The zero-order valence-corrected chi connectivity index (χ0v) is 8.41. The highest BCUT2D eigenvalue weighted by Crippen LogP contribution is 2.15. The second-order valence-electron chi connectivity index (χ2n) is 3.95. The van der Waals surface area contributed by atoms with Crippen LogP contribution >= 0.6 is 0 Å². The van der Waals surface area contributed by atoms with Gasteiger partial charge in [0, 0.05) is 25.7 Å². The van der Waals surface area contributed by atoms with Gasteiger partial charge in [0.15, 0.2) is 0 Å². The van der Waals surface area contributed by atoms with Crippen molar-refractivity contribution in [3.8, 4) is 0 Å². The lowest BCUT2D eigenvalue weighted by Gasteiger charge is -2.14. The second kappa shape index (κ2) is 4.09. The molecule has 0 amide bonds. The third-order valence-corrected chi connectivity index (χ3v) is 2.72. The number of halogens is 1. The van der Waals surface area contributed by atoms with Crippen LogP contribution in [0, 0.1) is 0 Å². The third-order valence-electron chi connectivity index (χ3n) is 2.72. The van der Waals surface area contributed by atoms with E-state index in [0.29, 0.717) is 6.42 Å². The molecule has 1 fully saturated rings. The van der Waals surface area contributed by atoms with Crippen molar-refractivity contribution < 1.29 is 4.39 Å². The van der Waals surface area contributed by atoms with E-state index in [1.54, 1.807) is 10.9 Å². The van der Waals surface area contributed by atoms with Gasteiger partial charge in [-0.15, -0.1) is 0 Å². The Bertz CT molecular complexity index is 291. The molecule has 0 aromatic carbocycles. The Kier molecular flexibility index (Phi) is 2.82. The molecule has 4 heteroatoms. The predicted octanol–water partition coefficient (Wildman–Crippen LogP) is 1.05. The van der Waals surface area contributed by atoms with Crippen LogP contribution in [-0.4, -0.2) is 28.5 Å². The van der Waals surface area contributed by atoms with Gasteiger partial charge in [0.2, 0.25) is 0 Å². The van der Waals surface area contributed by atoms with Gasteiger partial charge in [0.05, 0.1) is 6.20 Å². The molecule has 2 heterocycles. The molecule has 1 saturated heterocycles. The Balaban J connectivity index is 1.90. The molecular weight excluding hydrogens is 181 g/mol. The topological polar surface area (TPSA) is 29.9 Å². The molecule has 14 heavy (non-hydrogen) atoms. The monoisotopic (exact) mass is 197 g/mol. The fraction of sp³-hybridized carbons (Fsp3) is 0.700. The van der Waals surface area contributed by atoms with Crippen molar-refractivity contribution in [2.75, 3.05) is 6.54 Å². The number of nitrogens with zero attached hydrogens (tertiary/aromatic N) is 2. The molecule has 2 unspecified atom stereocenters. The number of nitrogens with one attached hydrogen (secondary N) is 1. The summed E-state index contributed by atoms with van der Waals surface area (Å²) in [5.74, 6) is 0. The van der Waals surface area contributed by atoms with Crippen LogP contribution in [-0.2, 0) is 13.5 Å². The van der Waals surface area contributed by atoms with E-state index in [2.05, 4.69) is 10.4 Å². The fourth-order valence-electron chi connectivity index (χ4n) is 1.96. The number of rotatable bonds is 3. The summed E-state index contributed by atoms with van der Waals surface area (Å²) in [5.41, 5.74) is 0.980. The second-order valence-corrected chi connectivity index (χ2v) is 3.95. The first kappa shape index (κ1) is 9.65. The maximum Gasteiger partial charge on any atom is 0.119 e. The Hall–Kier alpha value is -0.900. The standard InChI is InChI=1S/C10H16FN3/c1-14-7-8(6-13-14)5-9(11)10-3-2-4-12-10/h6-7,9-10,12H,2-5H2,1H3. The first-order valence-electron chi connectivity index (χ1n) is 5.10. The van der Waals surface area contributed by atoms with Gasteiger partial charge in [-0.1, -0.05) is 0 Å². The number of alkyl halides is 1. The summed E-state index contributed by atoms with van der Waals surface area (Å²) < 4.78 is 15.4. The maximum absolute atomic E-state index is 13.7. The number of aryl methyl sites for hydroxylation is 1. The van der Waals surface area contributed by atoms with Crippen molar-refractivity contribution in [2.24, 2.45) is 7.05 Å². The van der Waals surface area contributed by atoms with E-state index in [-0.39, 0.29) is 6.04 Å². The summed E-state index contributed by atoms with van der Waals surface area (Å²) >= 11 is 0. The first-order valence-corrected chi connectivity index (χ1v) is 5.10. The van der Waals surface area contributed by atoms with Gasteiger partial charge in [0.25, 0.3) is 0 Å². The lowest BCUT2D eigenvalue weighted by atomic mass is 10.0. The lowest BCUT2D eigenvalue weighted by Crippen LogP contribution is -2.33. The highest BCUT2D eigenvalue weighted by atomic mass is 19.1. The Labute approximate surface area is 83.3 Å². The molecule has 3 nitrogen and oxygen atoms in total. The molecule has 1 aliphatic heterocycles. The molecule has 2 atom stereocenters. The number of hydrogen-bond donors (Lipinski definition) is 1. The molecule has 0 spiro atoms. The summed E-state index contributed by atoms with van der Waals surface area (Å²) in [5, 5.41) is 7.21. The maximum atomic E-state index is 13.7. The zero-order chi connectivity index (χ0) is 9.97. The van der Waals surface area contributed by atoms with Crippen LogP contribution in [0.15, 0.2) is 12.4 Å². The van der Waals surface area contributed by atoms with Crippen molar-refractivity contribution in [3.63, 3.8) is 0 Å². The number of aromatic nitrogens is 2. The Morgan fingerprint density at radius 2 is 2.64 bits per heavy atom. The van der Waals surface area contributed by atoms with E-state index in [1.165, 1.54) is 0 Å². The van der Waals surface area contributed by atoms with E-state index in [9.17, 15) is 4.39 Å². The van der Waals surface area contributed by atoms with E-state index in [0.717, 1.165) is 24.9 Å². The van der Waals surface area contributed by atoms with Crippen LogP contribution in [0.25, 0.3) is 0 Å². The average Bonchev–Trinajstić information content (AvgIpc) is 2.75. The van der Waals surface area contributed by atoms with Gasteiger partial charge in [-0.05, 0) is 24.9 Å². The molecule has 0 bridgehead atoms. The fourth-order valence-corrected chi connectivity index (χ4v) is 1.96. The number of hydrogen-bond acceptors (Lipinski definition) is 2. The molecule has 1 aromatic heterocycles. The van der Waals surface area contributed by atoms with Crippen molar-refractivity contribution in [2.45, 2.75) is 31.5 Å². The normalized spacial score (nSPS) is 24.0. The van der Waals surface area contributed by atoms with E-state index >= 15 is 0 Å². The summed E-state index contributed by atoms with van der Waals surface area (Å²) in [6, 6.07) is 0.0511. The minimum atomic E-state index is -0.776. The van der Waals surface area contributed by atoms with E-state index in [1.807, 2.05) is 13.2 Å². The highest BCUT2D eigenvalue weighted by molar-refractivity contribution is 5.06. The van der Waals surface area contributed by atoms with Gasteiger partial charge in [-0.25, -0.2) is 4.39 Å². The molecule has 1 N–H and O–H groups in total. The average molecular weight is 197 g/mol. The molecule has 2 rings (SSSR count). The van der Waals surface area contributed by atoms with Crippen molar-refractivity contribution in [1.82, 2.24) is 15.1 Å². The lowest BCUT2D eigenvalue weighted by molar-refractivity contribution is 0.263. The highest BCUT2D eigenvalue weighted by Gasteiger charge is 2.24. The Morgan fingerprint density at radius 3 is 3.21 bits per heavy atom. The third kappa shape index (κ3) is 2.12.